The molecule has 0 bridgehead atoms. The van der Waals surface area contributed by atoms with E-state index in [1.807, 2.05) is 36.4 Å². The van der Waals surface area contributed by atoms with Crippen molar-refractivity contribution in [1.82, 2.24) is 9.80 Å². The van der Waals surface area contributed by atoms with Crippen LogP contribution in [0.15, 0.2) is 48.5 Å². The molecule has 0 aromatic heterocycles. The number of ketones is 1. The highest BCUT2D eigenvalue weighted by Gasteiger charge is 2.45. The summed E-state index contributed by atoms with van der Waals surface area (Å²) in [6, 6.07) is 13.9. The summed E-state index contributed by atoms with van der Waals surface area (Å²) in [5.74, 6) is -1.22. The lowest BCUT2D eigenvalue weighted by atomic mass is 9.72. The lowest BCUT2D eigenvalue weighted by Gasteiger charge is -2.48. The van der Waals surface area contributed by atoms with Gasteiger partial charge in [0.05, 0.1) is 19.3 Å². The van der Waals surface area contributed by atoms with E-state index in [2.05, 4.69) is 4.90 Å². The highest BCUT2D eigenvalue weighted by Crippen LogP contribution is 2.40. The number of carbonyl (C=O) groups excluding carboxylic acids is 2. The molecule has 2 aromatic carbocycles. The number of carbonyl (C=O) groups is 2. The molecule has 3 rings (SSSR count). The van der Waals surface area contributed by atoms with Crippen LogP contribution < -0.4 is 0 Å². The number of rotatable bonds is 10. The van der Waals surface area contributed by atoms with E-state index >= 15 is 0 Å². The van der Waals surface area contributed by atoms with Crippen LogP contribution in [0.25, 0.3) is 0 Å². The van der Waals surface area contributed by atoms with Crippen LogP contribution in [-0.4, -0.2) is 81.1 Å². The number of nitrogens with zero attached hydrogens (tertiary/aromatic N) is 2. The first kappa shape index (κ1) is 26.0. The maximum absolute atomic E-state index is 14.7. The van der Waals surface area contributed by atoms with Gasteiger partial charge in [0.25, 0.3) is 0 Å². The third-order valence-corrected chi connectivity index (χ3v) is 6.76. The van der Waals surface area contributed by atoms with Crippen LogP contribution in [0.2, 0.25) is 0 Å². The molecule has 34 heavy (non-hydrogen) atoms. The number of Topliss-reactive ketones (excluding diaryl/α,β-unsaturated/α-hetero) is 1. The van der Waals surface area contributed by atoms with Crippen molar-refractivity contribution in [2.75, 3.05) is 53.6 Å². The molecule has 0 radical (unpaired) electrons. The lowest BCUT2D eigenvalue weighted by molar-refractivity contribution is -0.134. The van der Waals surface area contributed by atoms with Gasteiger partial charge in [-0.05, 0) is 24.1 Å². The number of amides is 1. The largest absolute Gasteiger partial charge is 0.383 e. The molecule has 0 unspecified atom stereocenters. The second-order valence-electron chi connectivity index (χ2n) is 8.84. The number of hydrogen-bond acceptors (Lipinski definition) is 5. The van der Waals surface area contributed by atoms with Gasteiger partial charge < -0.3 is 14.4 Å². The Balaban J connectivity index is 2.14. The van der Waals surface area contributed by atoms with Crippen molar-refractivity contribution in [3.05, 3.63) is 71.0 Å². The summed E-state index contributed by atoms with van der Waals surface area (Å²) in [5, 5.41) is 0. The van der Waals surface area contributed by atoms with E-state index < -0.39 is 5.92 Å². The molecule has 1 heterocycles. The summed E-state index contributed by atoms with van der Waals surface area (Å²) in [7, 11) is 3.24. The smallest absolute Gasteiger partial charge is 0.219 e. The second-order valence-corrected chi connectivity index (χ2v) is 8.84. The standard InChI is InChI=1S/C27H35FN2O4/c1-19-22(11-8-12-24(19)28)26-23(27(32)21-9-6-5-7-10-21)17-29(13-15-33-3)18-25(26)30(20(2)31)14-16-34-4/h5-12,23,25-26H,13-18H2,1-4H3/t23-,25+,26+/m0/s1. The van der Waals surface area contributed by atoms with Gasteiger partial charge in [-0.1, -0.05) is 42.5 Å². The summed E-state index contributed by atoms with van der Waals surface area (Å²) >= 11 is 0. The first-order chi connectivity index (χ1) is 16.4. The summed E-state index contributed by atoms with van der Waals surface area (Å²) in [5.41, 5.74) is 1.91. The molecule has 6 nitrogen and oxygen atoms in total. The van der Waals surface area contributed by atoms with Gasteiger partial charge in [-0.15, -0.1) is 0 Å². The van der Waals surface area contributed by atoms with Crippen LogP contribution >= 0.6 is 0 Å². The number of methoxy groups -OCH3 is 2. The van der Waals surface area contributed by atoms with Gasteiger partial charge in [0, 0.05) is 64.7 Å². The SMILES string of the molecule is COCCN1C[C@H](C(=O)c2ccccc2)[C@@H](c2cccc(F)c2C)[C@H](N(CCOC)C(C)=O)C1. The minimum absolute atomic E-state index is 0.00313. The van der Waals surface area contributed by atoms with E-state index in [9.17, 15) is 14.0 Å². The Labute approximate surface area is 201 Å². The highest BCUT2D eigenvalue weighted by molar-refractivity contribution is 5.98. The Morgan fingerprint density at radius 1 is 1.03 bits per heavy atom. The molecule has 0 spiro atoms. The van der Waals surface area contributed by atoms with Gasteiger partial charge in [0.1, 0.15) is 5.82 Å². The maximum Gasteiger partial charge on any atom is 0.219 e. The topological polar surface area (TPSA) is 59.1 Å². The third-order valence-electron chi connectivity index (χ3n) is 6.76. The molecule has 1 aliphatic heterocycles. The third kappa shape index (κ3) is 5.90. The molecule has 2 aromatic rings. The van der Waals surface area contributed by atoms with Gasteiger partial charge >= 0.3 is 0 Å². The van der Waals surface area contributed by atoms with Gasteiger partial charge in [-0.3, -0.25) is 14.5 Å². The first-order valence-electron chi connectivity index (χ1n) is 11.7. The first-order valence-corrected chi connectivity index (χ1v) is 11.7. The minimum atomic E-state index is -0.456. The van der Waals surface area contributed by atoms with E-state index in [1.54, 1.807) is 32.1 Å². The predicted molar refractivity (Wildman–Crippen MR) is 130 cm³/mol. The van der Waals surface area contributed by atoms with Crippen molar-refractivity contribution in [2.45, 2.75) is 25.8 Å². The minimum Gasteiger partial charge on any atom is -0.383 e. The van der Waals surface area contributed by atoms with Gasteiger partial charge in [-0.2, -0.15) is 0 Å². The van der Waals surface area contributed by atoms with E-state index in [4.69, 9.17) is 9.47 Å². The molecule has 1 amide bonds. The van der Waals surface area contributed by atoms with Crippen LogP contribution in [0, 0.1) is 18.7 Å². The van der Waals surface area contributed by atoms with Crippen LogP contribution in [0.4, 0.5) is 4.39 Å². The summed E-state index contributed by atoms with van der Waals surface area (Å²) < 4.78 is 25.3. The molecule has 1 aliphatic rings. The molecule has 1 fully saturated rings. The number of likely N-dealkylation sites (tertiary alicyclic amines) is 1. The molecule has 184 valence electrons. The summed E-state index contributed by atoms with van der Waals surface area (Å²) in [6.45, 7) is 6.27. The zero-order valence-electron chi connectivity index (χ0n) is 20.5. The number of benzene rings is 2. The van der Waals surface area contributed by atoms with Crippen molar-refractivity contribution in [3.63, 3.8) is 0 Å². The lowest BCUT2D eigenvalue weighted by Crippen LogP contribution is -2.59. The fourth-order valence-electron chi connectivity index (χ4n) is 5.03. The van der Waals surface area contributed by atoms with Crippen molar-refractivity contribution >= 4 is 11.7 Å². The predicted octanol–water partition coefficient (Wildman–Crippen LogP) is 3.54. The van der Waals surface area contributed by atoms with Crippen LogP contribution in [0.3, 0.4) is 0 Å². The summed E-state index contributed by atoms with van der Waals surface area (Å²) in [4.78, 5) is 30.6. The molecule has 0 aliphatic carbocycles. The molecule has 0 N–H and O–H groups in total. The Morgan fingerprint density at radius 3 is 2.38 bits per heavy atom. The van der Waals surface area contributed by atoms with Gasteiger partial charge in [-0.25, -0.2) is 4.39 Å². The fraction of sp³-hybridized carbons (Fsp3) is 0.481. The van der Waals surface area contributed by atoms with Crippen LogP contribution in [0.1, 0.15) is 34.3 Å². The fourth-order valence-corrected chi connectivity index (χ4v) is 5.03. The quantitative estimate of drug-likeness (QED) is 0.497. The normalized spacial score (nSPS) is 20.8. The zero-order chi connectivity index (χ0) is 24.7. The van der Waals surface area contributed by atoms with E-state index in [0.29, 0.717) is 50.5 Å². The van der Waals surface area contributed by atoms with Crippen molar-refractivity contribution < 1.29 is 23.5 Å². The zero-order valence-corrected chi connectivity index (χ0v) is 20.5. The maximum atomic E-state index is 14.7. The van der Waals surface area contributed by atoms with Crippen LogP contribution in [0.5, 0.6) is 0 Å². The average Bonchev–Trinajstić information content (AvgIpc) is 2.84. The molecule has 0 saturated carbocycles. The Bertz CT molecular complexity index is 968. The second kappa shape index (κ2) is 12.2. The molecule has 1 saturated heterocycles. The Morgan fingerprint density at radius 2 is 1.74 bits per heavy atom. The molecular weight excluding hydrogens is 435 g/mol. The number of ether oxygens (including phenoxy) is 2. The van der Waals surface area contributed by atoms with Crippen LogP contribution in [-0.2, 0) is 14.3 Å². The van der Waals surface area contributed by atoms with E-state index in [0.717, 1.165) is 5.56 Å². The Hall–Kier alpha value is -2.61. The Kier molecular flexibility index (Phi) is 9.33. The monoisotopic (exact) mass is 470 g/mol. The average molecular weight is 471 g/mol. The highest BCUT2D eigenvalue weighted by atomic mass is 19.1. The van der Waals surface area contributed by atoms with E-state index in [1.165, 1.54) is 13.0 Å². The molecule has 3 atom stereocenters. The van der Waals surface area contributed by atoms with Crippen molar-refractivity contribution in [3.8, 4) is 0 Å². The van der Waals surface area contributed by atoms with Gasteiger partial charge in [0.15, 0.2) is 5.78 Å². The molecular formula is C27H35FN2O4. The number of piperidine rings is 1. The number of halogens is 1. The van der Waals surface area contributed by atoms with E-state index in [-0.39, 0.29) is 29.5 Å². The molecule has 7 heteroatoms. The van der Waals surface area contributed by atoms with Crippen molar-refractivity contribution in [2.24, 2.45) is 5.92 Å². The summed E-state index contributed by atoms with van der Waals surface area (Å²) in [6.07, 6.45) is 0. The number of hydrogen-bond donors (Lipinski definition) is 0. The van der Waals surface area contributed by atoms with Gasteiger partial charge in [0.2, 0.25) is 5.91 Å². The van der Waals surface area contributed by atoms with Crippen molar-refractivity contribution in [1.29, 1.82) is 0 Å².